The highest BCUT2D eigenvalue weighted by atomic mass is 16.4. The van der Waals surface area contributed by atoms with Gasteiger partial charge in [-0.1, -0.05) is 32.4 Å². The first-order valence-corrected chi connectivity index (χ1v) is 9.61. The quantitative estimate of drug-likeness (QED) is 0.520. The lowest BCUT2D eigenvalue weighted by Crippen LogP contribution is -2.55. The summed E-state index contributed by atoms with van der Waals surface area (Å²) in [7, 11) is 0. The number of nitrogens with two attached hydrogens (primary N) is 1. The molecule has 28 heavy (non-hydrogen) atoms. The predicted molar refractivity (Wildman–Crippen MR) is 104 cm³/mol. The van der Waals surface area contributed by atoms with Gasteiger partial charge in [0, 0.05) is 13.0 Å². The molecule has 1 saturated heterocycles. The number of amides is 2. The largest absolute Gasteiger partial charge is 0.508 e. The van der Waals surface area contributed by atoms with Gasteiger partial charge < -0.3 is 26.2 Å². The van der Waals surface area contributed by atoms with Crippen LogP contribution in [0.3, 0.4) is 0 Å². The van der Waals surface area contributed by atoms with Crippen LogP contribution in [0.1, 0.15) is 38.7 Å². The summed E-state index contributed by atoms with van der Waals surface area (Å²) in [6.45, 7) is 4.29. The van der Waals surface area contributed by atoms with Crippen molar-refractivity contribution in [2.45, 2.75) is 57.7 Å². The van der Waals surface area contributed by atoms with Crippen molar-refractivity contribution >= 4 is 17.8 Å². The highest BCUT2D eigenvalue weighted by molar-refractivity contribution is 5.92. The van der Waals surface area contributed by atoms with Crippen LogP contribution in [0.4, 0.5) is 0 Å². The number of hydrogen-bond acceptors (Lipinski definition) is 5. The number of phenolic OH excluding ortho intramolecular Hbond substituents is 1. The minimum absolute atomic E-state index is 0.00178. The highest BCUT2D eigenvalue weighted by Gasteiger charge is 2.38. The standard InChI is InChI=1S/C20H29N3O5/c1-3-12(2)17(21)19(26)23-10-4-5-16(23)18(25)22-15(20(27)28)11-13-6-8-14(24)9-7-13/h6-9,12,15-17,24H,3-5,10-11,21H2,1-2H3,(H,22,25)(H,27,28)/t12-,15-,16-,17-/m0/s1. The molecule has 0 bridgehead atoms. The van der Waals surface area contributed by atoms with E-state index in [-0.39, 0.29) is 24.0 Å². The molecule has 0 saturated carbocycles. The summed E-state index contributed by atoms with van der Waals surface area (Å²) in [6.07, 6.45) is 1.99. The van der Waals surface area contributed by atoms with Crippen LogP contribution in [0.2, 0.25) is 0 Å². The third kappa shape index (κ3) is 5.22. The molecule has 1 fully saturated rings. The van der Waals surface area contributed by atoms with Gasteiger partial charge in [-0.2, -0.15) is 0 Å². The summed E-state index contributed by atoms with van der Waals surface area (Å²) >= 11 is 0. The van der Waals surface area contributed by atoms with Crippen LogP contribution >= 0.6 is 0 Å². The number of rotatable bonds is 8. The van der Waals surface area contributed by atoms with E-state index in [0.29, 0.717) is 24.9 Å². The Bertz CT molecular complexity index is 706. The molecule has 1 aliphatic heterocycles. The zero-order valence-electron chi connectivity index (χ0n) is 16.3. The molecular weight excluding hydrogens is 362 g/mol. The van der Waals surface area contributed by atoms with Gasteiger partial charge >= 0.3 is 5.97 Å². The van der Waals surface area contributed by atoms with Gasteiger partial charge in [-0.15, -0.1) is 0 Å². The van der Waals surface area contributed by atoms with E-state index in [1.54, 1.807) is 12.1 Å². The summed E-state index contributed by atoms with van der Waals surface area (Å²) in [5.74, 6) is -1.82. The van der Waals surface area contributed by atoms with Crippen LogP contribution in [-0.2, 0) is 20.8 Å². The fourth-order valence-electron chi connectivity index (χ4n) is 3.33. The fourth-order valence-corrected chi connectivity index (χ4v) is 3.33. The second kappa shape index (κ2) is 9.54. The van der Waals surface area contributed by atoms with Crippen molar-refractivity contribution in [3.63, 3.8) is 0 Å². The maximum absolute atomic E-state index is 12.7. The average Bonchev–Trinajstić information content (AvgIpc) is 3.17. The number of carboxylic acids is 1. The van der Waals surface area contributed by atoms with E-state index in [1.165, 1.54) is 17.0 Å². The number of carboxylic acid groups (broad SMARTS) is 1. The minimum Gasteiger partial charge on any atom is -0.508 e. The number of carbonyl (C=O) groups excluding carboxylic acids is 2. The topological polar surface area (TPSA) is 133 Å². The van der Waals surface area contributed by atoms with E-state index in [0.717, 1.165) is 6.42 Å². The Balaban J connectivity index is 2.06. The van der Waals surface area contributed by atoms with E-state index in [1.807, 2.05) is 13.8 Å². The molecule has 8 heteroatoms. The minimum atomic E-state index is -1.16. The Kier molecular flexibility index (Phi) is 7.39. The first kappa shape index (κ1) is 21.7. The number of aromatic hydroxyl groups is 1. The van der Waals surface area contributed by atoms with Crippen molar-refractivity contribution in [2.24, 2.45) is 11.7 Å². The second-order valence-corrected chi connectivity index (χ2v) is 7.37. The first-order chi connectivity index (χ1) is 13.2. The lowest BCUT2D eigenvalue weighted by atomic mass is 9.98. The SMILES string of the molecule is CC[C@H](C)[C@H](N)C(=O)N1CCC[C@H]1C(=O)N[C@@H](Cc1ccc(O)cc1)C(=O)O. The zero-order valence-corrected chi connectivity index (χ0v) is 16.3. The number of nitrogens with zero attached hydrogens (tertiary/aromatic N) is 1. The lowest BCUT2D eigenvalue weighted by Gasteiger charge is -2.29. The van der Waals surface area contributed by atoms with Gasteiger partial charge in [0.05, 0.1) is 6.04 Å². The molecule has 0 spiro atoms. The summed E-state index contributed by atoms with van der Waals surface area (Å²) in [5, 5.41) is 21.4. The zero-order chi connectivity index (χ0) is 20.8. The van der Waals surface area contributed by atoms with Gasteiger partial charge in [-0.05, 0) is 36.5 Å². The van der Waals surface area contributed by atoms with Crippen molar-refractivity contribution in [3.8, 4) is 5.75 Å². The molecule has 5 N–H and O–H groups in total. The van der Waals surface area contributed by atoms with E-state index in [4.69, 9.17) is 5.73 Å². The predicted octanol–water partition coefficient (Wildman–Crippen LogP) is 0.869. The lowest BCUT2D eigenvalue weighted by molar-refractivity contribution is -0.144. The monoisotopic (exact) mass is 391 g/mol. The van der Waals surface area contributed by atoms with Crippen molar-refractivity contribution in [1.29, 1.82) is 0 Å². The Morgan fingerprint density at radius 3 is 2.50 bits per heavy atom. The molecular formula is C20H29N3O5. The maximum Gasteiger partial charge on any atom is 0.326 e. The molecule has 1 aliphatic rings. The van der Waals surface area contributed by atoms with Crippen LogP contribution in [0, 0.1) is 5.92 Å². The summed E-state index contributed by atoms with van der Waals surface area (Å²) in [4.78, 5) is 38.5. The van der Waals surface area contributed by atoms with Crippen LogP contribution in [0.15, 0.2) is 24.3 Å². The molecule has 0 aliphatic carbocycles. The van der Waals surface area contributed by atoms with Crippen LogP contribution in [0.5, 0.6) is 5.75 Å². The van der Waals surface area contributed by atoms with Gasteiger partial charge in [-0.25, -0.2) is 4.79 Å². The molecule has 1 heterocycles. The number of phenols is 1. The van der Waals surface area contributed by atoms with Crippen LogP contribution in [-0.4, -0.2) is 57.6 Å². The second-order valence-electron chi connectivity index (χ2n) is 7.37. The number of aliphatic carboxylic acids is 1. The molecule has 4 atom stereocenters. The number of nitrogens with one attached hydrogen (secondary N) is 1. The summed E-state index contributed by atoms with van der Waals surface area (Å²) in [6, 6.07) is 3.63. The number of carbonyl (C=O) groups is 3. The molecule has 1 aromatic rings. The van der Waals surface area contributed by atoms with Crippen molar-refractivity contribution in [3.05, 3.63) is 29.8 Å². The van der Waals surface area contributed by atoms with Crippen molar-refractivity contribution in [2.75, 3.05) is 6.54 Å². The molecule has 1 aromatic carbocycles. The van der Waals surface area contributed by atoms with Crippen molar-refractivity contribution < 1.29 is 24.6 Å². The Morgan fingerprint density at radius 1 is 1.29 bits per heavy atom. The normalized spacial score (nSPS) is 19.7. The fraction of sp³-hybridized carbons (Fsp3) is 0.550. The highest BCUT2D eigenvalue weighted by Crippen LogP contribution is 2.21. The molecule has 0 aromatic heterocycles. The maximum atomic E-state index is 12.7. The summed E-state index contributed by atoms with van der Waals surface area (Å²) in [5.41, 5.74) is 6.71. The molecule has 2 amide bonds. The molecule has 0 radical (unpaired) electrons. The molecule has 0 unspecified atom stereocenters. The van der Waals surface area contributed by atoms with Gasteiger partial charge in [0.15, 0.2) is 0 Å². The average molecular weight is 391 g/mol. The Hall–Kier alpha value is -2.61. The van der Waals surface area contributed by atoms with Crippen LogP contribution < -0.4 is 11.1 Å². The molecule has 2 rings (SSSR count). The van der Waals surface area contributed by atoms with E-state index < -0.39 is 30.0 Å². The number of hydrogen-bond donors (Lipinski definition) is 4. The Morgan fingerprint density at radius 2 is 1.93 bits per heavy atom. The van der Waals surface area contributed by atoms with Crippen LogP contribution in [0.25, 0.3) is 0 Å². The van der Waals surface area contributed by atoms with E-state index >= 15 is 0 Å². The third-order valence-electron chi connectivity index (χ3n) is 5.37. The van der Waals surface area contributed by atoms with Gasteiger partial charge in [0.2, 0.25) is 11.8 Å². The molecule has 8 nitrogen and oxygen atoms in total. The summed E-state index contributed by atoms with van der Waals surface area (Å²) < 4.78 is 0. The Labute approximate surface area is 164 Å². The number of likely N-dealkylation sites (tertiary alicyclic amines) is 1. The van der Waals surface area contributed by atoms with Crippen molar-refractivity contribution in [1.82, 2.24) is 10.2 Å². The first-order valence-electron chi connectivity index (χ1n) is 9.61. The van der Waals surface area contributed by atoms with E-state index in [9.17, 15) is 24.6 Å². The van der Waals surface area contributed by atoms with Gasteiger partial charge in [0.1, 0.15) is 17.8 Å². The van der Waals surface area contributed by atoms with Gasteiger partial charge in [-0.3, -0.25) is 9.59 Å². The third-order valence-corrected chi connectivity index (χ3v) is 5.37. The van der Waals surface area contributed by atoms with E-state index in [2.05, 4.69) is 5.32 Å². The van der Waals surface area contributed by atoms with Gasteiger partial charge in [0.25, 0.3) is 0 Å². The molecule has 154 valence electrons. The number of benzene rings is 1. The smallest absolute Gasteiger partial charge is 0.326 e.